The molecule has 0 aromatic heterocycles. The maximum Gasteiger partial charge on any atom is 0.254 e. The van der Waals surface area contributed by atoms with Crippen molar-refractivity contribution in [3.63, 3.8) is 0 Å². The highest BCUT2D eigenvalue weighted by Crippen LogP contribution is 2.28. The summed E-state index contributed by atoms with van der Waals surface area (Å²) in [6.45, 7) is 5.49. The number of carbonyl (C=O) groups excluding carboxylic acids is 2. The van der Waals surface area contributed by atoms with Gasteiger partial charge in [0, 0.05) is 38.2 Å². The van der Waals surface area contributed by atoms with Gasteiger partial charge in [-0.2, -0.15) is 0 Å². The molecule has 0 aliphatic carbocycles. The molecule has 0 saturated carbocycles. The number of likely N-dealkylation sites (tertiary alicyclic amines) is 2. The fraction of sp³-hybridized carbons (Fsp3) is 0.440. The van der Waals surface area contributed by atoms with Crippen molar-refractivity contribution in [2.24, 2.45) is 5.92 Å². The molecule has 0 atom stereocenters. The molecule has 0 unspecified atom stereocenters. The zero-order valence-corrected chi connectivity index (χ0v) is 17.3. The molecule has 2 fully saturated rings. The fourth-order valence-corrected chi connectivity index (χ4v) is 4.61. The van der Waals surface area contributed by atoms with E-state index in [9.17, 15) is 9.59 Å². The summed E-state index contributed by atoms with van der Waals surface area (Å²) in [5, 5.41) is 0. The van der Waals surface area contributed by atoms with Crippen LogP contribution in [0.3, 0.4) is 0 Å². The maximum atomic E-state index is 13.3. The molecule has 2 aliphatic rings. The molecule has 0 radical (unpaired) electrons. The highest BCUT2D eigenvalue weighted by Gasteiger charge is 2.27. The molecule has 2 aromatic rings. The first-order chi connectivity index (χ1) is 14.1. The standard InChI is InChI=1S/C25H30N2O2/c1-19-6-4-7-21(18-19)22-8-2-3-9-23(22)25(29)27-16-12-20(13-17-27)11-15-26-14-5-10-24(26)28/h2-4,6-9,18,20H,5,10-17H2,1H3. The number of piperidine rings is 1. The normalized spacial score (nSPS) is 17.8. The predicted octanol–water partition coefficient (Wildman–Crippen LogP) is 4.53. The summed E-state index contributed by atoms with van der Waals surface area (Å²) < 4.78 is 0. The van der Waals surface area contributed by atoms with Gasteiger partial charge in [-0.3, -0.25) is 9.59 Å². The molecule has 4 rings (SSSR count). The van der Waals surface area contributed by atoms with Crippen molar-refractivity contribution < 1.29 is 9.59 Å². The Bertz CT molecular complexity index is 884. The predicted molar refractivity (Wildman–Crippen MR) is 116 cm³/mol. The molecule has 4 heteroatoms. The third-order valence-electron chi connectivity index (χ3n) is 6.37. The Hall–Kier alpha value is -2.62. The van der Waals surface area contributed by atoms with E-state index in [4.69, 9.17) is 0 Å². The molecular formula is C25H30N2O2. The van der Waals surface area contributed by atoms with E-state index in [0.29, 0.717) is 18.2 Å². The first-order valence-corrected chi connectivity index (χ1v) is 10.8. The van der Waals surface area contributed by atoms with E-state index in [0.717, 1.165) is 68.6 Å². The van der Waals surface area contributed by atoms with E-state index in [1.165, 1.54) is 5.56 Å². The Kier molecular flexibility index (Phi) is 5.98. The molecule has 0 N–H and O–H groups in total. The SMILES string of the molecule is Cc1cccc(-c2ccccc2C(=O)N2CCC(CCN3CCCC3=O)CC2)c1. The van der Waals surface area contributed by atoms with Crippen LogP contribution in [0.1, 0.15) is 48.0 Å². The van der Waals surface area contributed by atoms with Crippen LogP contribution in [0.25, 0.3) is 11.1 Å². The second-order valence-corrected chi connectivity index (χ2v) is 8.42. The number of aryl methyl sites for hydroxylation is 1. The van der Waals surface area contributed by atoms with E-state index in [2.05, 4.69) is 25.1 Å². The number of carbonyl (C=O) groups is 2. The Morgan fingerprint density at radius 1 is 1.03 bits per heavy atom. The molecule has 0 bridgehead atoms. The molecule has 152 valence electrons. The molecule has 2 amide bonds. The average Bonchev–Trinajstić information content (AvgIpc) is 3.17. The van der Waals surface area contributed by atoms with Crippen molar-refractivity contribution >= 4 is 11.8 Å². The number of hydrogen-bond acceptors (Lipinski definition) is 2. The molecule has 2 aromatic carbocycles. The summed E-state index contributed by atoms with van der Waals surface area (Å²) in [6.07, 6.45) is 4.84. The van der Waals surface area contributed by atoms with Gasteiger partial charge in [-0.15, -0.1) is 0 Å². The highest BCUT2D eigenvalue weighted by molar-refractivity contribution is 6.01. The summed E-state index contributed by atoms with van der Waals surface area (Å²) in [5.74, 6) is 1.06. The topological polar surface area (TPSA) is 40.6 Å². The lowest BCUT2D eigenvalue weighted by Crippen LogP contribution is -2.39. The zero-order valence-electron chi connectivity index (χ0n) is 17.3. The van der Waals surface area contributed by atoms with Gasteiger partial charge in [0.1, 0.15) is 0 Å². The maximum absolute atomic E-state index is 13.3. The summed E-state index contributed by atoms with van der Waals surface area (Å²) in [4.78, 5) is 29.1. The lowest BCUT2D eigenvalue weighted by molar-refractivity contribution is -0.127. The van der Waals surface area contributed by atoms with Crippen LogP contribution in [0.15, 0.2) is 48.5 Å². The third-order valence-corrected chi connectivity index (χ3v) is 6.37. The van der Waals surface area contributed by atoms with Gasteiger partial charge in [-0.05, 0) is 55.7 Å². The molecule has 2 aliphatic heterocycles. The lowest BCUT2D eigenvalue weighted by Gasteiger charge is -2.33. The van der Waals surface area contributed by atoms with Crippen molar-refractivity contribution in [2.45, 2.75) is 39.0 Å². The Balaban J connectivity index is 1.38. The minimum Gasteiger partial charge on any atom is -0.343 e. The molecular weight excluding hydrogens is 360 g/mol. The van der Waals surface area contributed by atoms with Gasteiger partial charge < -0.3 is 9.80 Å². The lowest BCUT2D eigenvalue weighted by atomic mass is 9.92. The van der Waals surface area contributed by atoms with Crippen LogP contribution in [-0.2, 0) is 4.79 Å². The summed E-state index contributed by atoms with van der Waals surface area (Å²) in [7, 11) is 0. The second-order valence-electron chi connectivity index (χ2n) is 8.42. The van der Waals surface area contributed by atoms with E-state index >= 15 is 0 Å². The van der Waals surface area contributed by atoms with E-state index in [1.807, 2.05) is 40.1 Å². The van der Waals surface area contributed by atoms with Crippen molar-refractivity contribution in [1.29, 1.82) is 0 Å². The van der Waals surface area contributed by atoms with Gasteiger partial charge in [-0.1, -0.05) is 48.0 Å². The molecule has 0 spiro atoms. The minimum absolute atomic E-state index is 0.135. The average molecular weight is 391 g/mol. The van der Waals surface area contributed by atoms with Crippen LogP contribution >= 0.6 is 0 Å². The monoisotopic (exact) mass is 390 g/mol. The van der Waals surface area contributed by atoms with Crippen LogP contribution in [-0.4, -0.2) is 47.8 Å². The summed E-state index contributed by atoms with van der Waals surface area (Å²) in [5.41, 5.74) is 4.09. The molecule has 2 heterocycles. The van der Waals surface area contributed by atoms with Crippen molar-refractivity contribution in [1.82, 2.24) is 9.80 Å². The van der Waals surface area contributed by atoms with Gasteiger partial charge in [0.25, 0.3) is 5.91 Å². The van der Waals surface area contributed by atoms with Crippen LogP contribution in [0.2, 0.25) is 0 Å². The molecule has 29 heavy (non-hydrogen) atoms. The van der Waals surface area contributed by atoms with E-state index in [1.54, 1.807) is 0 Å². The number of nitrogens with zero attached hydrogens (tertiary/aromatic N) is 2. The van der Waals surface area contributed by atoms with Gasteiger partial charge in [-0.25, -0.2) is 0 Å². The van der Waals surface area contributed by atoms with Gasteiger partial charge in [0.2, 0.25) is 5.91 Å². The third kappa shape index (κ3) is 4.52. The van der Waals surface area contributed by atoms with Crippen LogP contribution in [0, 0.1) is 12.8 Å². The first kappa shape index (κ1) is 19.7. The van der Waals surface area contributed by atoms with Crippen molar-refractivity contribution in [2.75, 3.05) is 26.2 Å². The summed E-state index contributed by atoms with van der Waals surface area (Å²) in [6, 6.07) is 16.3. The Morgan fingerprint density at radius 2 is 1.83 bits per heavy atom. The van der Waals surface area contributed by atoms with Gasteiger partial charge >= 0.3 is 0 Å². The largest absolute Gasteiger partial charge is 0.343 e. The first-order valence-electron chi connectivity index (χ1n) is 10.8. The zero-order chi connectivity index (χ0) is 20.2. The Labute approximate surface area is 173 Å². The van der Waals surface area contributed by atoms with Gasteiger partial charge in [0.05, 0.1) is 0 Å². The number of benzene rings is 2. The summed E-state index contributed by atoms with van der Waals surface area (Å²) >= 11 is 0. The van der Waals surface area contributed by atoms with Crippen LogP contribution < -0.4 is 0 Å². The molecule has 2 saturated heterocycles. The molecule has 4 nitrogen and oxygen atoms in total. The quantitative estimate of drug-likeness (QED) is 0.753. The number of amides is 2. The second kappa shape index (κ2) is 8.81. The van der Waals surface area contributed by atoms with Crippen molar-refractivity contribution in [3.05, 3.63) is 59.7 Å². The Morgan fingerprint density at radius 3 is 2.55 bits per heavy atom. The number of hydrogen-bond donors (Lipinski definition) is 0. The smallest absolute Gasteiger partial charge is 0.254 e. The number of rotatable bonds is 5. The van der Waals surface area contributed by atoms with Crippen LogP contribution in [0.4, 0.5) is 0 Å². The highest BCUT2D eigenvalue weighted by atomic mass is 16.2. The van der Waals surface area contributed by atoms with Crippen LogP contribution in [0.5, 0.6) is 0 Å². The van der Waals surface area contributed by atoms with E-state index in [-0.39, 0.29) is 5.91 Å². The van der Waals surface area contributed by atoms with E-state index < -0.39 is 0 Å². The van der Waals surface area contributed by atoms with Crippen molar-refractivity contribution in [3.8, 4) is 11.1 Å². The van der Waals surface area contributed by atoms with Gasteiger partial charge in [0.15, 0.2) is 0 Å². The minimum atomic E-state index is 0.135. The fourth-order valence-electron chi connectivity index (χ4n) is 4.61.